The fourth-order valence-electron chi connectivity index (χ4n) is 3.83. The van der Waals surface area contributed by atoms with E-state index >= 15 is 0 Å². The number of imide groups is 1. The molecule has 0 spiro atoms. The molecule has 3 aromatic rings. The van der Waals surface area contributed by atoms with Crippen molar-refractivity contribution in [1.29, 1.82) is 0 Å². The maximum absolute atomic E-state index is 13.0. The minimum Gasteiger partial charge on any atom is -0.497 e. The van der Waals surface area contributed by atoms with Crippen LogP contribution in [0.4, 0.5) is 4.79 Å². The lowest BCUT2D eigenvalue weighted by molar-refractivity contribution is -0.124. The minimum absolute atomic E-state index is 0.0284. The smallest absolute Gasteiger partial charge is 0.322 e. The molecule has 4 heterocycles. The zero-order valence-electron chi connectivity index (χ0n) is 15.4. The van der Waals surface area contributed by atoms with Gasteiger partial charge in [-0.3, -0.25) is 19.9 Å². The second kappa shape index (κ2) is 6.28. The van der Waals surface area contributed by atoms with Gasteiger partial charge in [0.15, 0.2) is 5.54 Å². The zero-order valence-corrected chi connectivity index (χ0v) is 16.2. The number of thiophene rings is 1. The van der Waals surface area contributed by atoms with E-state index in [1.807, 2.05) is 18.2 Å². The van der Waals surface area contributed by atoms with E-state index in [-0.39, 0.29) is 12.5 Å². The van der Waals surface area contributed by atoms with Crippen LogP contribution < -0.4 is 15.4 Å². The van der Waals surface area contributed by atoms with Crippen LogP contribution >= 0.6 is 11.3 Å². The number of pyridine rings is 1. The molecular weight excluding hydrogens is 392 g/mol. The van der Waals surface area contributed by atoms with E-state index in [0.29, 0.717) is 22.7 Å². The number of nitrogens with zero attached hydrogens (tertiary/aromatic N) is 2. The van der Waals surface area contributed by atoms with Gasteiger partial charge in [0.05, 0.1) is 13.7 Å². The number of amides is 4. The van der Waals surface area contributed by atoms with Crippen LogP contribution in [0.5, 0.6) is 5.75 Å². The summed E-state index contributed by atoms with van der Waals surface area (Å²) in [6.45, 7) is 0.385. The van der Waals surface area contributed by atoms with Crippen LogP contribution in [0, 0.1) is 0 Å². The lowest BCUT2D eigenvalue weighted by Gasteiger charge is -2.30. The highest BCUT2D eigenvalue weighted by atomic mass is 32.1. The number of hydrogen-bond acceptors (Lipinski definition) is 6. The molecule has 5 rings (SSSR count). The first-order chi connectivity index (χ1) is 14.0. The van der Waals surface area contributed by atoms with Crippen molar-refractivity contribution in [1.82, 2.24) is 20.5 Å². The first kappa shape index (κ1) is 17.6. The molecule has 2 aliphatic heterocycles. The van der Waals surface area contributed by atoms with Crippen molar-refractivity contribution in [2.75, 3.05) is 13.7 Å². The molecule has 4 amide bonds. The molecule has 0 aliphatic carbocycles. The molecular formula is C20H16N4O4S. The summed E-state index contributed by atoms with van der Waals surface area (Å²) in [6.07, 6.45) is 3.39. The molecule has 29 heavy (non-hydrogen) atoms. The van der Waals surface area contributed by atoms with Crippen molar-refractivity contribution >= 4 is 39.3 Å². The maximum Gasteiger partial charge on any atom is 0.322 e. The average Bonchev–Trinajstić information content (AvgIpc) is 3.36. The highest BCUT2D eigenvalue weighted by Gasteiger charge is 2.51. The van der Waals surface area contributed by atoms with Gasteiger partial charge in [0, 0.05) is 39.5 Å². The molecule has 2 aliphatic rings. The number of ether oxygens (including phenoxy) is 1. The Kier molecular flexibility index (Phi) is 3.82. The summed E-state index contributed by atoms with van der Waals surface area (Å²) < 4.78 is 6.16. The Morgan fingerprint density at radius 3 is 2.83 bits per heavy atom. The Hall–Kier alpha value is -3.46. The van der Waals surface area contributed by atoms with Gasteiger partial charge >= 0.3 is 6.03 Å². The summed E-state index contributed by atoms with van der Waals surface area (Å²) in [7, 11) is 1.54. The van der Waals surface area contributed by atoms with E-state index in [4.69, 9.17) is 4.74 Å². The van der Waals surface area contributed by atoms with E-state index in [0.717, 1.165) is 15.6 Å². The molecule has 0 radical (unpaired) electrons. The standard InChI is InChI=1S/C20H16N4O4S/c1-28-13-3-2-11-9-24(17(25)14(11)7-13)10-20(18(26)22-19(27)23-20)16-6-12-8-21-5-4-15(12)29-16/h2-8H,9-10H2,1H3,(H2,22,23,26,27). The Balaban J connectivity index is 1.54. The second-order valence-electron chi connectivity index (χ2n) is 7.02. The van der Waals surface area contributed by atoms with Gasteiger partial charge in [-0.05, 0) is 29.8 Å². The van der Waals surface area contributed by atoms with Gasteiger partial charge in [-0.2, -0.15) is 0 Å². The van der Waals surface area contributed by atoms with Crippen LogP contribution in [-0.4, -0.2) is 41.4 Å². The second-order valence-corrected chi connectivity index (χ2v) is 8.11. The lowest BCUT2D eigenvalue weighted by atomic mass is 9.96. The monoisotopic (exact) mass is 408 g/mol. The summed E-state index contributed by atoms with van der Waals surface area (Å²) in [5, 5.41) is 5.96. The Morgan fingerprint density at radius 1 is 1.24 bits per heavy atom. The molecule has 8 nitrogen and oxygen atoms in total. The van der Waals surface area contributed by atoms with Crippen LogP contribution in [0.25, 0.3) is 10.1 Å². The summed E-state index contributed by atoms with van der Waals surface area (Å²) in [5.74, 6) is -0.0732. The summed E-state index contributed by atoms with van der Waals surface area (Å²) >= 11 is 1.40. The van der Waals surface area contributed by atoms with Crippen LogP contribution in [0.15, 0.2) is 42.7 Å². The minimum atomic E-state index is -1.34. The van der Waals surface area contributed by atoms with Gasteiger partial charge in [-0.1, -0.05) is 6.07 Å². The molecule has 1 fully saturated rings. The predicted molar refractivity (Wildman–Crippen MR) is 106 cm³/mol. The van der Waals surface area contributed by atoms with E-state index in [1.54, 1.807) is 36.5 Å². The number of carbonyl (C=O) groups is 3. The van der Waals surface area contributed by atoms with Gasteiger partial charge in [0.1, 0.15) is 5.75 Å². The highest BCUT2D eigenvalue weighted by molar-refractivity contribution is 7.19. The summed E-state index contributed by atoms with van der Waals surface area (Å²) in [4.78, 5) is 44.3. The summed E-state index contributed by atoms with van der Waals surface area (Å²) in [6, 6.07) is 8.47. The largest absolute Gasteiger partial charge is 0.497 e. The molecule has 146 valence electrons. The topological polar surface area (TPSA) is 101 Å². The Bertz CT molecular complexity index is 1160. The molecule has 9 heteroatoms. The van der Waals surface area contributed by atoms with Crippen molar-refractivity contribution in [2.24, 2.45) is 0 Å². The zero-order chi connectivity index (χ0) is 20.2. The third-order valence-electron chi connectivity index (χ3n) is 5.30. The number of urea groups is 1. The number of rotatable bonds is 4. The lowest BCUT2D eigenvalue weighted by Crippen LogP contribution is -2.52. The van der Waals surface area contributed by atoms with Crippen LogP contribution in [0.2, 0.25) is 0 Å². The third kappa shape index (κ3) is 2.65. The number of nitrogens with one attached hydrogen (secondary N) is 2. The maximum atomic E-state index is 13.0. The van der Waals surface area contributed by atoms with E-state index in [9.17, 15) is 14.4 Å². The van der Waals surface area contributed by atoms with Crippen molar-refractivity contribution in [3.63, 3.8) is 0 Å². The molecule has 0 saturated carbocycles. The fourth-order valence-corrected chi connectivity index (χ4v) is 4.99. The normalized spacial score (nSPS) is 20.7. The van der Waals surface area contributed by atoms with Gasteiger partial charge < -0.3 is 15.0 Å². The van der Waals surface area contributed by atoms with Gasteiger partial charge in [-0.25, -0.2) is 4.79 Å². The van der Waals surface area contributed by atoms with Gasteiger partial charge in [0.25, 0.3) is 11.8 Å². The van der Waals surface area contributed by atoms with Crippen LogP contribution in [0.3, 0.4) is 0 Å². The molecule has 1 saturated heterocycles. The molecule has 1 atom stereocenters. The van der Waals surface area contributed by atoms with Crippen LogP contribution in [0.1, 0.15) is 20.8 Å². The van der Waals surface area contributed by atoms with E-state index in [2.05, 4.69) is 15.6 Å². The number of fused-ring (bicyclic) bond motifs is 2. The van der Waals surface area contributed by atoms with Crippen molar-refractivity contribution in [3.8, 4) is 5.75 Å². The average molecular weight is 408 g/mol. The number of methoxy groups -OCH3 is 1. The molecule has 2 N–H and O–H groups in total. The number of carbonyl (C=O) groups excluding carboxylic acids is 3. The quantitative estimate of drug-likeness (QED) is 0.643. The Morgan fingerprint density at radius 2 is 2.10 bits per heavy atom. The van der Waals surface area contributed by atoms with Gasteiger partial charge in [0.2, 0.25) is 0 Å². The summed E-state index contributed by atoms with van der Waals surface area (Å²) in [5.41, 5.74) is 0.0590. The van der Waals surface area contributed by atoms with Crippen molar-refractivity contribution in [3.05, 3.63) is 58.7 Å². The highest BCUT2D eigenvalue weighted by Crippen LogP contribution is 2.37. The molecule has 1 aromatic carbocycles. The SMILES string of the molecule is COc1ccc2c(c1)C(=O)N(CC1(c3cc4cnccc4s3)NC(=O)NC1=O)C2. The first-order valence-corrected chi connectivity index (χ1v) is 9.76. The van der Waals surface area contributed by atoms with E-state index < -0.39 is 17.5 Å². The fraction of sp³-hybridized carbons (Fsp3) is 0.200. The van der Waals surface area contributed by atoms with E-state index in [1.165, 1.54) is 11.3 Å². The number of aromatic nitrogens is 1. The third-order valence-corrected chi connectivity index (χ3v) is 6.58. The van der Waals surface area contributed by atoms with Crippen molar-refractivity contribution < 1.29 is 19.1 Å². The van der Waals surface area contributed by atoms with Crippen molar-refractivity contribution in [2.45, 2.75) is 12.1 Å². The predicted octanol–water partition coefficient (Wildman–Crippen LogP) is 2.00. The van der Waals surface area contributed by atoms with Crippen LogP contribution in [-0.2, 0) is 16.9 Å². The number of benzene rings is 1. The number of hydrogen-bond donors (Lipinski definition) is 2. The first-order valence-electron chi connectivity index (χ1n) is 8.94. The Labute approximate surface area is 169 Å². The van der Waals surface area contributed by atoms with Gasteiger partial charge in [-0.15, -0.1) is 11.3 Å². The molecule has 0 bridgehead atoms. The molecule has 2 aromatic heterocycles. The molecule has 1 unspecified atom stereocenters.